The molecule has 0 aliphatic rings. The number of hydrogen-bond donors (Lipinski definition) is 0. The van der Waals surface area contributed by atoms with Crippen LogP contribution in [-0.2, 0) is 0 Å². The van der Waals surface area contributed by atoms with Gasteiger partial charge in [0.2, 0.25) is 5.89 Å². The fourth-order valence-corrected chi connectivity index (χ4v) is 1.74. The third-order valence-electron chi connectivity index (χ3n) is 2.77. The Balaban J connectivity index is 1.93. The number of hydrogen-bond acceptors (Lipinski definition) is 4. The summed E-state index contributed by atoms with van der Waals surface area (Å²) in [5.41, 5.74) is 2.40. The predicted octanol–water partition coefficient (Wildman–Crippen LogP) is 3.41. The van der Waals surface area contributed by atoms with Crippen LogP contribution < -0.4 is 0 Å². The summed E-state index contributed by atoms with van der Waals surface area (Å²) in [6.45, 7) is 0. The molecule has 0 bridgehead atoms. The van der Waals surface area contributed by atoms with Gasteiger partial charge in [0.25, 0.3) is 0 Å². The van der Waals surface area contributed by atoms with Crippen LogP contribution in [0.3, 0.4) is 0 Å². The maximum Gasteiger partial charge on any atom is 0.226 e. The van der Waals surface area contributed by atoms with Gasteiger partial charge < -0.3 is 4.42 Å². The fourth-order valence-electron chi connectivity index (χ4n) is 1.74. The zero-order chi connectivity index (χ0) is 13.9. The zero-order valence-electron chi connectivity index (χ0n) is 10.2. The Kier molecular flexibility index (Phi) is 2.98. The van der Waals surface area contributed by atoms with Crippen LogP contribution in [0, 0.1) is 17.1 Å². The van der Waals surface area contributed by atoms with Crippen LogP contribution in [0.2, 0.25) is 0 Å². The zero-order valence-corrected chi connectivity index (χ0v) is 10.2. The number of halogens is 1. The van der Waals surface area contributed by atoms with E-state index in [9.17, 15) is 4.39 Å². The second-order valence-electron chi connectivity index (χ2n) is 4.09. The molecule has 0 aliphatic carbocycles. The molecule has 0 atom stereocenters. The molecular weight excluding hydrogens is 257 g/mol. The predicted molar refractivity (Wildman–Crippen MR) is 69.8 cm³/mol. The van der Waals surface area contributed by atoms with Gasteiger partial charge in [0.15, 0.2) is 0 Å². The first-order valence-electron chi connectivity index (χ1n) is 5.84. The van der Waals surface area contributed by atoms with Gasteiger partial charge in [-0.25, -0.2) is 14.4 Å². The molecule has 0 N–H and O–H groups in total. The molecule has 4 nitrogen and oxygen atoms in total. The van der Waals surface area contributed by atoms with E-state index in [4.69, 9.17) is 9.68 Å². The van der Waals surface area contributed by atoms with Crippen LogP contribution in [0.25, 0.3) is 22.7 Å². The smallest absolute Gasteiger partial charge is 0.226 e. The van der Waals surface area contributed by atoms with Crippen molar-refractivity contribution in [3.05, 3.63) is 60.4 Å². The van der Waals surface area contributed by atoms with Gasteiger partial charge in [-0.05, 0) is 36.4 Å². The van der Waals surface area contributed by atoms with Crippen LogP contribution in [0.1, 0.15) is 5.69 Å². The molecule has 0 amide bonds. The van der Waals surface area contributed by atoms with Gasteiger partial charge in [0, 0.05) is 17.3 Å². The second-order valence-corrected chi connectivity index (χ2v) is 4.09. The van der Waals surface area contributed by atoms with Gasteiger partial charge in [0.05, 0.1) is 0 Å². The molecule has 3 aromatic rings. The second kappa shape index (κ2) is 4.94. The minimum absolute atomic E-state index is 0.308. The van der Waals surface area contributed by atoms with E-state index >= 15 is 0 Å². The molecule has 2 aromatic heterocycles. The number of benzene rings is 1. The number of pyridine rings is 1. The summed E-state index contributed by atoms with van der Waals surface area (Å²) in [5.74, 6) is 0.0983. The van der Waals surface area contributed by atoms with E-state index in [0.29, 0.717) is 22.8 Å². The molecule has 0 spiro atoms. The van der Waals surface area contributed by atoms with Crippen molar-refractivity contribution in [2.24, 2.45) is 0 Å². The van der Waals surface area contributed by atoms with Crippen molar-refractivity contribution in [2.45, 2.75) is 0 Å². The summed E-state index contributed by atoms with van der Waals surface area (Å²) in [6.07, 6.45) is 3.06. The summed E-state index contributed by atoms with van der Waals surface area (Å²) in [4.78, 5) is 8.30. The fraction of sp³-hybridized carbons (Fsp3) is 0. The maximum absolute atomic E-state index is 12.9. The summed E-state index contributed by atoms with van der Waals surface area (Å²) >= 11 is 0. The number of oxazole rings is 1. The highest BCUT2D eigenvalue weighted by atomic mass is 19.1. The third-order valence-corrected chi connectivity index (χ3v) is 2.77. The van der Waals surface area contributed by atoms with Gasteiger partial charge in [-0.3, -0.25) is 0 Å². The minimum Gasteiger partial charge on any atom is -0.444 e. The molecule has 5 heteroatoms. The molecule has 96 valence electrons. The monoisotopic (exact) mass is 265 g/mol. The Bertz CT molecular complexity index is 770. The lowest BCUT2D eigenvalue weighted by atomic mass is 10.2. The van der Waals surface area contributed by atoms with Gasteiger partial charge in [0.1, 0.15) is 29.5 Å². The minimum atomic E-state index is -0.308. The van der Waals surface area contributed by atoms with Crippen LogP contribution in [0.15, 0.2) is 53.3 Å². The van der Waals surface area contributed by atoms with Crippen LogP contribution in [0.4, 0.5) is 4.39 Å². The Morgan fingerprint density at radius 1 is 1.05 bits per heavy atom. The van der Waals surface area contributed by atoms with Crippen molar-refractivity contribution in [1.29, 1.82) is 5.26 Å². The van der Waals surface area contributed by atoms with E-state index in [-0.39, 0.29) is 5.82 Å². The SMILES string of the molecule is N#Cc1ccc(-c2coc(-c3ccc(F)cc3)n2)cn1. The van der Waals surface area contributed by atoms with E-state index in [1.807, 2.05) is 6.07 Å². The molecule has 1 aromatic carbocycles. The van der Waals surface area contributed by atoms with E-state index in [1.165, 1.54) is 18.4 Å². The quantitative estimate of drug-likeness (QED) is 0.712. The molecule has 0 aliphatic heterocycles. The molecule has 0 saturated heterocycles. The Morgan fingerprint density at radius 2 is 1.80 bits per heavy atom. The van der Waals surface area contributed by atoms with Crippen LogP contribution >= 0.6 is 0 Å². The highest BCUT2D eigenvalue weighted by molar-refractivity contribution is 5.62. The number of rotatable bonds is 2. The third kappa shape index (κ3) is 2.27. The van der Waals surface area contributed by atoms with Crippen molar-refractivity contribution >= 4 is 0 Å². The van der Waals surface area contributed by atoms with Crippen molar-refractivity contribution in [3.8, 4) is 28.8 Å². The highest BCUT2D eigenvalue weighted by Gasteiger charge is 2.09. The molecule has 0 radical (unpaired) electrons. The van der Waals surface area contributed by atoms with Gasteiger partial charge in [-0.2, -0.15) is 5.26 Å². The molecule has 0 fully saturated rings. The maximum atomic E-state index is 12.9. The molecule has 0 saturated carbocycles. The Morgan fingerprint density at radius 3 is 2.45 bits per heavy atom. The average molecular weight is 265 g/mol. The van der Waals surface area contributed by atoms with E-state index in [2.05, 4.69) is 9.97 Å². The first-order chi connectivity index (χ1) is 9.76. The van der Waals surface area contributed by atoms with E-state index in [0.717, 1.165) is 5.56 Å². The first-order valence-corrected chi connectivity index (χ1v) is 5.84. The van der Waals surface area contributed by atoms with Gasteiger partial charge in [-0.15, -0.1) is 0 Å². The summed E-state index contributed by atoms with van der Waals surface area (Å²) in [7, 11) is 0. The number of aromatic nitrogens is 2. The average Bonchev–Trinajstić information content (AvgIpc) is 2.98. The molecule has 0 unspecified atom stereocenters. The lowest BCUT2D eigenvalue weighted by Gasteiger charge is -1.95. The summed E-state index contributed by atoms with van der Waals surface area (Å²) in [6, 6.07) is 11.2. The standard InChI is InChI=1S/C15H8FN3O/c16-12-4-1-10(2-5-12)15-19-14(9-20-15)11-3-6-13(7-17)18-8-11/h1-6,8-9H. The van der Waals surface area contributed by atoms with Crippen molar-refractivity contribution in [3.63, 3.8) is 0 Å². The summed E-state index contributed by atoms with van der Waals surface area (Å²) < 4.78 is 18.2. The molecular formula is C15H8FN3O. The van der Waals surface area contributed by atoms with E-state index in [1.54, 1.807) is 30.5 Å². The van der Waals surface area contributed by atoms with Crippen LogP contribution in [0.5, 0.6) is 0 Å². The van der Waals surface area contributed by atoms with Crippen molar-refractivity contribution in [2.75, 3.05) is 0 Å². The number of nitrogens with zero attached hydrogens (tertiary/aromatic N) is 3. The van der Waals surface area contributed by atoms with Crippen molar-refractivity contribution < 1.29 is 8.81 Å². The Labute approximate surface area is 114 Å². The topological polar surface area (TPSA) is 62.7 Å². The lowest BCUT2D eigenvalue weighted by Crippen LogP contribution is -1.84. The first kappa shape index (κ1) is 12.1. The molecule has 2 heterocycles. The van der Waals surface area contributed by atoms with E-state index < -0.39 is 0 Å². The largest absolute Gasteiger partial charge is 0.444 e. The van der Waals surface area contributed by atoms with Crippen LogP contribution in [-0.4, -0.2) is 9.97 Å². The normalized spacial score (nSPS) is 10.2. The van der Waals surface area contributed by atoms with Gasteiger partial charge >= 0.3 is 0 Å². The summed E-state index contributed by atoms with van der Waals surface area (Å²) in [5, 5.41) is 8.70. The Hall–Kier alpha value is -3.00. The van der Waals surface area contributed by atoms with Gasteiger partial charge in [-0.1, -0.05) is 0 Å². The highest BCUT2D eigenvalue weighted by Crippen LogP contribution is 2.24. The molecule has 3 rings (SSSR count). The number of nitriles is 1. The van der Waals surface area contributed by atoms with Crippen molar-refractivity contribution in [1.82, 2.24) is 9.97 Å². The molecule has 20 heavy (non-hydrogen) atoms. The lowest BCUT2D eigenvalue weighted by molar-refractivity contribution is 0.574.